The number of nitro benzene ring substituents is 1. The molecular formula is C14H13N3O4. The van der Waals surface area contributed by atoms with Crippen molar-refractivity contribution in [1.82, 2.24) is 0 Å². The van der Waals surface area contributed by atoms with Crippen LogP contribution in [0.4, 0.5) is 17.1 Å². The van der Waals surface area contributed by atoms with E-state index in [1.807, 2.05) is 18.2 Å². The molecule has 0 fully saturated rings. The summed E-state index contributed by atoms with van der Waals surface area (Å²) in [6.45, 7) is 0.727. The highest BCUT2D eigenvalue weighted by molar-refractivity contribution is 5.61. The highest BCUT2D eigenvalue weighted by Crippen LogP contribution is 2.32. The lowest BCUT2D eigenvalue weighted by atomic mass is 10.2. The number of fused-ring (bicyclic) bond motifs is 1. The van der Waals surface area contributed by atoms with Gasteiger partial charge >= 0.3 is 0 Å². The van der Waals surface area contributed by atoms with E-state index in [0.29, 0.717) is 23.7 Å². The topological polar surface area (TPSA) is 99.7 Å². The Morgan fingerprint density at radius 3 is 2.81 bits per heavy atom. The summed E-state index contributed by atoms with van der Waals surface area (Å²) in [7, 11) is 0. The fourth-order valence-electron chi connectivity index (χ4n) is 2.10. The molecule has 2 aromatic rings. The van der Waals surface area contributed by atoms with E-state index in [0.717, 1.165) is 11.3 Å². The van der Waals surface area contributed by atoms with Gasteiger partial charge in [-0.15, -0.1) is 0 Å². The molecule has 3 rings (SSSR count). The van der Waals surface area contributed by atoms with E-state index in [4.69, 9.17) is 15.2 Å². The second-order valence-corrected chi connectivity index (χ2v) is 4.61. The van der Waals surface area contributed by atoms with Crippen LogP contribution in [0.3, 0.4) is 0 Å². The van der Waals surface area contributed by atoms with Crippen molar-refractivity contribution in [2.75, 3.05) is 17.8 Å². The number of nitrogens with one attached hydrogen (secondary N) is 1. The van der Waals surface area contributed by atoms with Crippen molar-refractivity contribution >= 4 is 17.1 Å². The Labute approximate surface area is 120 Å². The molecule has 0 aliphatic carbocycles. The van der Waals surface area contributed by atoms with Gasteiger partial charge in [0.25, 0.3) is 5.69 Å². The van der Waals surface area contributed by atoms with Crippen LogP contribution < -0.4 is 20.5 Å². The summed E-state index contributed by atoms with van der Waals surface area (Å²) < 4.78 is 10.5. The molecule has 1 aliphatic heterocycles. The van der Waals surface area contributed by atoms with Crippen LogP contribution in [0.25, 0.3) is 0 Å². The summed E-state index contributed by atoms with van der Waals surface area (Å²) in [6, 6.07) is 10.0. The normalized spacial score (nSPS) is 12.2. The third-order valence-electron chi connectivity index (χ3n) is 3.08. The Morgan fingerprint density at radius 1 is 1.19 bits per heavy atom. The number of nitro groups is 1. The van der Waals surface area contributed by atoms with Gasteiger partial charge < -0.3 is 20.5 Å². The lowest BCUT2D eigenvalue weighted by Crippen LogP contribution is -2.01. The highest BCUT2D eigenvalue weighted by atomic mass is 16.7. The molecule has 0 amide bonds. The molecule has 21 heavy (non-hydrogen) atoms. The van der Waals surface area contributed by atoms with Crippen LogP contribution in [0.2, 0.25) is 0 Å². The largest absolute Gasteiger partial charge is 0.454 e. The van der Waals surface area contributed by atoms with E-state index in [9.17, 15) is 10.1 Å². The minimum absolute atomic E-state index is 0.0387. The van der Waals surface area contributed by atoms with E-state index in [-0.39, 0.29) is 12.5 Å². The molecule has 7 heteroatoms. The van der Waals surface area contributed by atoms with Crippen LogP contribution >= 0.6 is 0 Å². The number of non-ortho nitro benzene ring substituents is 1. The number of benzene rings is 2. The van der Waals surface area contributed by atoms with E-state index < -0.39 is 4.92 Å². The predicted molar refractivity (Wildman–Crippen MR) is 77.4 cm³/mol. The Hall–Kier alpha value is -2.96. The monoisotopic (exact) mass is 287 g/mol. The van der Waals surface area contributed by atoms with E-state index in [1.54, 1.807) is 6.07 Å². The van der Waals surface area contributed by atoms with Crippen LogP contribution in [-0.4, -0.2) is 11.7 Å². The predicted octanol–water partition coefficient (Wildman–Crippen LogP) is 2.52. The summed E-state index contributed by atoms with van der Waals surface area (Å²) in [5, 5.41) is 13.9. The smallest absolute Gasteiger partial charge is 0.273 e. The van der Waals surface area contributed by atoms with Crippen LogP contribution in [0.15, 0.2) is 36.4 Å². The van der Waals surface area contributed by atoms with Gasteiger partial charge in [0.15, 0.2) is 11.5 Å². The number of nitrogens with zero attached hydrogens (tertiary/aromatic N) is 1. The maximum absolute atomic E-state index is 10.8. The minimum atomic E-state index is -0.470. The van der Waals surface area contributed by atoms with Crippen molar-refractivity contribution in [3.05, 3.63) is 52.1 Å². The van der Waals surface area contributed by atoms with Gasteiger partial charge in [0.1, 0.15) is 0 Å². The zero-order valence-corrected chi connectivity index (χ0v) is 11.0. The summed E-state index contributed by atoms with van der Waals surface area (Å²) in [6.07, 6.45) is 0. The van der Waals surface area contributed by atoms with Crippen LogP contribution in [-0.2, 0) is 6.54 Å². The average molecular weight is 287 g/mol. The molecule has 1 aliphatic rings. The van der Waals surface area contributed by atoms with Crippen molar-refractivity contribution in [1.29, 1.82) is 0 Å². The summed E-state index contributed by atoms with van der Waals surface area (Å²) >= 11 is 0. The van der Waals surface area contributed by atoms with Gasteiger partial charge in [0, 0.05) is 30.1 Å². The zero-order chi connectivity index (χ0) is 14.8. The average Bonchev–Trinajstić information content (AvgIpc) is 2.92. The number of anilines is 2. The molecule has 0 radical (unpaired) electrons. The van der Waals surface area contributed by atoms with Gasteiger partial charge in [-0.2, -0.15) is 0 Å². The van der Waals surface area contributed by atoms with Crippen molar-refractivity contribution in [3.63, 3.8) is 0 Å². The number of hydrogen-bond donors (Lipinski definition) is 2. The molecular weight excluding hydrogens is 274 g/mol. The number of ether oxygens (including phenoxy) is 2. The second-order valence-electron chi connectivity index (χ2n) is 4.61. The number of rotatable bonds is 4. The van der Waals surface area contributed by atoms with Crippen LogP contribution in [0.1, 0.15) is 5.56 Å². The summed E-state index contributed by atoms with van der Waals surface area (Å²) in [4.78, 5) is 10.3. The van der Waals surface area contributed by atoms with Crippen molar-refractivity contribution in [2.24, 2.45) is 0 Å². The lowest BCUT2D eigenvalue weighted by Gasteiger charge is -2.08. The van der Waals surface area contributed by atoms with E-state index in [2.05, 4.69) is 5.32 Å². The van der Waals surface area contributed by atoms with E-state index in [1.165, 1.54) is 12.1 Å². The molecule has 7 nitrogen and oxygen atoms in total. The number of nitrogens with two attached hydrogens (primary N) is 1. The van der Waals surface area contributed by atoms with Crippen molar-refractivity contribution in [2.45, 2.75) is 6.54 Å². The third-order valence-corrected chi connectivity index (χ3v) is 3.08. The lowest BCUT2D eigenvalue weighted by molar-refractivity contribution is -0.384. The van der Waals surface area contributed by atoms with E-state index >= 15 is 0 Å². The van der Waals surface area contributed by atoms with Crippen LogP contribution in [0, 0.1) is 10.1 Å². The molecule has 1 heterocycles. The first kappa shape index (κ1) is 13.0. The first-order valence-corrected chi connectivity index (χ1v) is 6.29. The molecule has 0 atom stereocenters. The molecule has 0 aromatic heterocycles. The van der Waals surface area contributed by atoms with Gasteiger partial charge in [0.2, 0.25) is 6.79 Å². The van der Waals surface area contributed by atoms with Crippen molar-refractivity contribution in [3.8, 4) is 11.5 Å². The highest BCUT2D eigenvalue weighted by Gasteiger charge is 2.13. The quantitative estimate of drug-likeness (QED) is 0.509. The second kappa shape index (κ2) is 5.20. The summed E-state index contributed by atoms with van der Waals surface area (Å²) in [5.74, 6) is 1.42. The Balaban J connectivity index is 1.74. The molecule has 0 unspecified atom stereocenters. The van der Waals surface area contributed by atoms with Gasteiger partial charge in [-0.3, -0.25) is 10.1 Å². The Morgan fingerprint density at radius 2 is 2.00 bits per heavy atom. The maximum atomic E-state index is 10.8. The molecule has 0 bridgehead atoms. The van der Waals surface area contributed by atoms with Crippen LogP contribution in [0.5, 0.6) is 11.5 Å². The van der Waals surface area contributed by atoms with Gasteiger partial charge in [-0.05, 0) is 23.8 Å². The number of nitrogen functional groups attached to an aromatic ring is 1. The first-order valence-electron chi connectivity index (χ1n) is 6.29. The molecule has 108 valence electrons. The summed E-state index contributed by atoms with van der Waals surface area (Å²) in [5.41, 5.74) is 7.54. The molecule has 2 aromatic carbocycles. The van der Waals surface area contributed by atoms with Gasteiger partial charge in [-0.25, -0.2) is 0 Å². The molecule has 0 spiro atoms. The molecule has 3 N–H and O–H groups in total. The fourth-order valence-corrected chi connectivity index (χ4v) is 2.10. The SMILES string of the molecule is Nc1cc(NCc2ccc3c(c2)OCO3)cc([N+](=O)[O-])c1. The fraction of sp³-hybridized carbons (Fsp3) is 0.143. The molecule has 0 saturated carbocycles. The third kappa shape index (κ3) is 2.81. The standard InChI is InChI=1S/C14H13N3O4/c15-10-4-11(6-12(5-10)17(18)19)16-7-9-1-2-13-14(3-9)21-8-20-13/h1-6,16H,7-8,15H2. The Kier molecular flexibility index (Phi) is 3.23. The first-order chi connectivity index (χ1) is 10.1. The maximum Gasteiger partial charge on any atom is 0.273 e. The number of hydrogen-bond acceptors (Lipinski definition) is 6. The minimum Gasteiger partial charge on any atom is -0.454 e. The van der Waals surface area contributed by atoms with Crippen molar-refractivity contribution < 1.29 is 14.4 Å². The Bertz CT molecular complexity index is 703. The van der Waals surface area contributed by atoms with Gasteiger partial charge in [0.05, 0.1) is 4.92 Å². The molecule has 0 saturated heterocycles. The zero-order valence-electron chi connectivity index (χ0n) is 11.0. The van der Waals surface area contributed by atoms with Gasteiger partial charge in [-0.1, -0.05) is 6.07 Å².